The van der Waals surface area contributed by atoms with E-state index in [0.717, 1.165) is 16.5 Å². The van der Waals surface area contributed by atoms with E-state index in [-0.39, 0.29) is 11.9 Å². The minimum absolute atomic E-state index is 0.0173. The molecule has 0 aliphatic heterocycles. The number of hydrogen-bond acceptors (Lipinski definition) is 3. The first-order valence-corrected chi connectivity index (χ1v) is 7.78. The molecule has 0 saturated carbocycles. The minimum Gasteiger partial charge on any atom is -0.271 e. The van der Waals surface area contributed by atoms with Crippen molar-refractivity contribution in [3.63, 3.8) is 0 Å². The van der Waals surface area contributed by atoms with Crippen LogP contribution in [-0.4, -0.2) is 0 Å². The molecule has 19 heavy (non-hydrogen) atoms. The quantitative estimate of drug-likeness (QED) is 0.637. The van der Waals surface area contributed by atoms with Crippen LogP contribution in [0.4, 0.5) is 4.39 Å². The number of benzene rings is 1. The Bertz CT molecular complexity index is 536. The van der Waals surface area contributed by atoms with E-state index < -0.39 is 0 Å². The van der Waals surface area contributed by atoms with E-state index in [1.165, 1.54) is 16.5 Å². The summed E-state index contributed by atoms with van der Waals surface area (Å²) in [5, 5.41) is 2.07. The Morgan fingerprint density at radius 1 is 1.42 bits per heavy atom. The van der Waals surface area contributed by atoms with Gasteiger partial charge in [0, 0.05) is 9.35 Å². The van der Waals surface area contributed by atoms with Crippen LogP contribution in [0.15, 0.2) is 34.1 Å². The number of nitrogens with two attached hydrogens (primary N) is 1. The number of hydrogen-bond donors (Lipinski definition) is 2. The molecule has 1 aromatic heterocycles. The molecule has 1 unspecified atom stereocenters. The Hall–Kier alpha value is -0.750. The first kappa shape index (κ1) is 14.7. The molecule has 5 heteroatoms. The molecule has 0 spiro atoms. The number of nitrogens with one attached hydrogen (secondary N) is 1. The Morgan fingerprint density at radius 2 is 2.21 bits per heavy atom. The lowest BCUT2D eigenvalue weighted by molar-refractivity contribution is 0.553. The predicted molar refractivity (Wildman–Crippen MR) is 81.6 cm³/mol. The molecule has 3 N–H and O–H groups in total. The lowest BCUT2D eigenvalue weighted by Gasteiger charge is -2.16. The average Bonchev–Trinajstić information content (AvgIpc) is 2.82. The van der Waals surface area contributed by atoms with Crippen molar-refractivity contribution in [3.05, 3.63) is 55.9 Å². The van der Waals surface area contributed by atoms with Gasteiger partial charge in [-0.15, -0.1) is 11.3 Å². The first-order chi connectivity index (χ1) is 9.13. The van der Waals surface area contributed by atoms with Crippen molar-refractivity contribution in [2.24, 2.45) is 5.84 Å². The Kier molecular flexibility index (Phi) is 5.10. The Morgan fingerprint density at radius 3 is 2.84 bits per heavy atom. The molecule has 1 aromatic carbocycles. The minimum atomic E-state index is -0.234. The molecule has 0 aliphatic rings. The lowest BCUT2D eigenvalue weighted by atomic mass is 10.0. The maximum absolute atomic E-state index is 13.4. The van der Waals surface area contributed by atoms with Gasteiger partial charge in [0.2, 0.25) is 0 Å². The molecule has 2 rings (SSSR count). The maximum Gasteiger partial charge on any atom is 0.124 e. The second kappa shape index (κ2) is 6.61. The third-order valence-electron chi connectivity index (χ3n) is 3.04. The van der Waals surface area contributed by atoms with Gasteiger partial charge < -0.3 is 0 Å². The summed E-state index contributed by atoms with van der Waals surface area (Å²) in [6, 6.07) is 7.06. The molecule has 2 nitrogen and oxygen atoms in total. The van der Waals surface area contributed by atoms with Gasteiger partial charge in [-0.1, -0.05) is 22.9 Å². The van der Waals surface area contributed by atoms with Gasteiger partial charge in [0.15, 0.2) is 0 Å². The molecule has 102 valence electrons. The molecular weight excluding hydrogens is 327 g/mol. The largest absolute Gasteiger partial charge is 0.271 e. The van der Waals surface area contributed by atoms with E-state index in [9.17, 15) is 4.39 Å². The summed E-state index contributed by atoms with van der Waals surface area (Å²) in [5.74, 6) is 5.43. The van der Waals surface area contributed by atoms with Crippen molar-refractivity contribution in [1.82, 2.24) is 5.43 Å². The summed E-state index contributed by atoms with van der Waals surface area (Å²) in [4.78, 5) is 1.23. The molecule has 0 saturated heterocycles. The molecule has 1 heterocycles. The molecule has 2 aromatic rings. The van der Waals surface area contributed by atoms with Crippen LogP contribution in [0, 0.1) is 5.82 Å². The fraction of sp³-hybridized carbons (Fsp3) is 0.286. The highest BCUT2D eigenvalue weighted by Gasteiger charge is 2.16. The fourth-order valence-electron chi connectivity index (χ4n) is 2.14. The topological polar surface area (TPSA) is 38.0 Å². The van der Waals surface area contributed by atoms with Crippen molar-refractivity contribution in [2.75, 3.05) is 0 Å². The zero-order valence-corrected chi connectivity index (χ0v) is 13.0. The Labute approximate surface area is 124 Å². The van der Waals surface area contributed by atoms with E-state index in [1.54, 1.807) is 17.4 Å². The fourth-order valence-corrected chi connectivity index (χ4v) is 3.71. The molecule has 0 radical (unpaired) electrons. The monoisotopic (exact) mass is 342 g/mol. The molecule has 0 bridgehead atoms. The normalized spacial score (nSPS) is 12.6. The van der Waals surface area contributed by atoms with Gasteiger partial charge in [-0.3, -0.25) is 11.3 Å². The van der Waals surface area contributed by atoms with Crippen molar-refractivity contribution < 1.29 is 4.39 Å². The van der Waals surface area contributed by atoms with E-state index in [0.29, 0.717) is 6.42 Å². The average molecular weight is 343 g/mol. The van der Waals surface area contributed by atoms with Gasteiger partial charge in [0.05, 0.1) is 6.04 Å². The highest BCUT2D eigenvalue weighted by Crippen LogP contribution is 2.28. The molecule has 0 amide bonds. The number of hydrazine groups is 1. The highest BCUT2D eigenvalue weighted by atomic mass is 79.9. The van der Waals surface area contributed by atoms with Crippen LogP contribution in [0.2, 0.25) is 0 Å². The van der Waals surface area contributed by atoms with Crippen LogP contribution < -0.4 is 11.3 Å². The first-order valence-electron chi connectivity index (χ1n) is 6.11. The van der Waals surface area contributed by atoms with E-state index in [4.69, 9.17) is 5.84 Å². The van der Waals surface area contributed by atoms with Crippen LogP contribution in [0.1, 0.15) is 29.0 Å². The van der Waals surface area contributed by atoms with E-state index >= 15 is 0 Å². The van der Waals surface area contributed by atoms with Gasteiger partial charge in [-0.25, -0.2) is 4.39 Å². The van der Waals surface area contributed by atoms with Crippen molar-refractivity contribution in [2.45, 2.75) is 25.8 Å². The third-order valence-corrected chi connectivity index (χ3v) is 4.57. The number of thiophene rings is 1. The Balaban J connectivity index is 2.24. The number of aryl methyl sites for hydroxylation is 1. The second-order valence-electron chi connectivity index (χ2n) is 4.36. The van der Waals surface area contributed by atoms with Crippen LogP contribution in [0.3, 0.4) is 0 Å². The molecular formula is C14H16BrFN2S. The van der Waals surface area contributed by atoms with Crippen molar-refractivity contribution in [1.29, 1.82) is 0 Å². The van der Waals surface area contributed by atoms with Crippen LogP contribution >= 0.6 is 27.3 Å². The summed E-state index contributed by atoms with van der Waals surface area (Å²) >= 11 is 5.00. The van der Waals surface area contributed by atoms with Crippen molar-refractivity contribution >= 4 is 27.3 Å². The van der Waals surface area contributed by atoms with Gasteiger partial charge in [0.1, 0.15) is 5.82 Å². The highest BCUT2D eigenvalue weighted by molar-refractivity contribution is 9.10. The van der Waals surface area contributed by atoms with Crippen molar-refractivity contribution in [3.8, 4) is 0 Å². The van der Waals surface area contributed by atoms with Crippen LogP contribution in [0.25, 0.3) is 0 Å². The summed E-state index contributed by atoms with van der Waals surface area (Å²) in [7, 11) is 0. The summed E-state index contributed by atoms with van der Waals surface area (Å²) in [6.45, 7) is 2.12. The lowest BCUT2D eigenvalue weighted by Crippen LogP contribution is -2.29. The third kappa shape index (κ3) is 3.63. The summed E-state index contributed by atoms with van der Waals surface area (Å²) in [5.41, 5.74) is 5.06. The van der Waals surface area contributed by atoms with Gasteiger partial charge in [0.25, 0.3) is 0 Å². The summed E-state index contributed by atoms with van der Waals surface area (Å²) < 4.78 is 14.1. The van der Waals surface area contributed by atoms with E-state index in [2.05, 4.69) is 39.7 Å². The van der Waals surface area contributed by atoms with Crippen LogP contribution in [-0.2, 0) is 12.8 Å². The van der Waals surface area contributed by atoms with Gasteiger partial charge in [-0.2, -0.15) is 0 Å². The number of rotatable bonds is 5. The molecule has 0 aliphatic carbocycles. The molecule has 1 atom stereocenters. The maximum atomic E-state index is 13.4. The predicted octanol–water partition coefficient (Wildman–Crippen LogP) is 3.96. The molecule has 0 fully saturated rings. The zero-order valence-electron chi connectivity index (χ0n) is 10.6. The number of halogens is 2. The zero-order chi connectivity index (χ0) is 13.8. The van der Waals surface area contributed by atoms with E-state index in [1.807, 2.05) is 6.07 Å². The smallest absolute Gasteiger partial charge is 0.124 e. The van der Waals surface area contributed by atoms with Crippen LogP contribution in [0.5, 0.6) is 0 Å². The second-order valence-corrected chi connectivity index (χ2v) is 6.23. The van der Waals surface area contributed by atoms with Gasteiger partial charge in [-0.05, 0) is 53.6 Å². The van der Waals surface area contributed by atoms with Gasteiger partial charge >= 0.3 is 0 Å². The summed E-state index contributed by atoms with van der Waals surface area (Å²) in [6.07, 6.45) is 1.64. The standard InChI is InChI=1S/C14H16BrFN2S/c1-2-10-3-4-19-14(10)13(18-17)7-9-5-11(15)8-12(16)6-9/h3-6,8,13,18H,2,7,17H2,1H3. The SMILES string of the molecule is CCc1ccsc1C(Cc1cc(F)cc(Br)c1)NN.